The Morgan fingerprint density at radius 2 is 1.89 bits per heavy atom. The van der Waals surface area contributed by atoms with Gasteiger partial charge in [-0.15, -0.1) is 11.3 Å². The first-order valence-corrected chi connectivity index (χ1v) is 17.0. The van der Waals surface area contributed by atoms with Gasteiger partial charge in [0.15, 0.2) is 5.01 Å². The zero-order valence-electron chi connectivity index (χ0n) is 25.5. The maximum atomic E-state index is 14.7. The first kappa shape index (κ1) is 36.6. The Labute approximate surface area is 275 Å². The van der Waals surface area contributed by atoms with Crippen LogP contribution in [0.4, 0.5) is 22.0 Å². The molecule has 3 aromatic rings. The Morgan fingerprint density at radius 3 is 2.47 bits per heavy atom. The molecule has 0 radical (unpaired) electrons. The number of nitrogens with zero attached hydrogens (tertiary/aromatic N) is 4. The van der Waals surface area contributed by atoms with Crippen LogP contribution in [0.5, 0.6) is 0 Å². The van der Waals surface area contributed by atoms with Gasteiger partial charge < -0.3 is 14.5 Å². The van der Waals surface area contributed by atoms with Crippen LogP contribution in [0.1, 0.15) is 81.7 Å². The van der Waals surface area contributed by atoms with Crippen molar-refractivity contribution in [1.82, 2.24) is 24.7 Å². The van der Waals surface area contributed by atoms with Crippen molar-refractivity contribution in [1.29, 1.82) is 0 Å². The van der Waals surface area contributed by atoms with Gasteiger partial charge in [-0.05, 0) is 52.5 Å². The van der Waals surface area contributed by atoms with E-state index in [-0.39, 0.29) is 45.3 Å². The molecule has 1 aromatic carbocycles. The van der Waals surface area contributed by atoms with Crippen molar-refractivity contribution in [3.63, 3.8) is 0 Å². The van der Waals surface area contributed by atoms with E-state index >= 15 is 0 Å². The number of benzene rings is 1. The Morgan fingerprint density at radius 1 is 1.21 bits per heavy atom. The summed E-state index contributed by atoms with van der Waals surface area (Å²) in [4.78, 5) is 34.4. The van der Waals surface area contributed by atoms with Crippen LogP contribution in [0.15, 0.2) is 21.6 Å². The van der Waals surface area contributed by atoms with Gasteiger partial charge in [-0.2, -0.15) is 22.9 Å². The third kappa shape index (κ3) is 7.76. The molecule has 2 atom stereocenters. The zero-order valence-corrected chi connectivity index (χ0v) is 27.9. The number of hydrogen-bond donors (Lipinski definition) is 2. The molecule has 1 fully saturated rings. The summed E-state index contributed by atoms with van der Waals surface area (Å²) >= 11 is 6.93. The maximum absolute atomic E-state index is 14.7. The second-order valence-corrected chi connectivity index (χ2v) is 14.7. The molecule has 258 valence electrons. The Balaban J connectivity index is 1.87. The van der Waals surface area contributed by atoms with Gasteiger partial charge in [-0.1, -0.05) is 29.7 Å². The number of carboxylic acids is 1. The fraction of sp³-hybridized carbons (Fsp3) is 0.536. The number of carbonyl (C=O) groups is 2. The topological polar surface area (TPSA) is 156 Å². The number of likely N-dealkylation sites (tertiary alicyclic amines) is 1. The second-order valence-electron chi connectivity index (χ2n) is 11.7. The number of rotatable bonds is 11. The number of hydrogen-bond acceptors (Lipinski definition) is 9. The normalized spacial score (nSPS) is 16.9. The molecule has 3 heterocycles. The number of alkyl halides is 5. The Hall–Kier alpha value is -3.22. The molecule has 47 heavy (non-hydrogen) atoms. The number of aliphatic carboxylic acids is 1. The molecular weight excluding hydrogens is 697 g/mol. The third-order valence-corrected chi connectivity index (χ3v) is 10.8. The first-order valence-electron chi connectivity index (χ1n) is 14.4. The van der Waals surface area contributed by atoms with E-state index in [1.165, 1.54) is 23.5 Å². The number of halogens is 6. The summed E-state index contributed by atoms with van der Waals surface area (Å²) in [6.07, 6.45) is -7.01. The number of aromatic nitrogens is 3. The number of amides is 1. The van der Waals surface area contributed by atoms with Gasteiger partial charge in [0.25, 0.3) is 12.3 Å². The Kier molecular flexibility index (Phi) is 10.7. The number of piperidine rings is 1. The van der Waals surface area contributed by atoms with E-state index in [1.807, 2.05) is 6.92 Å². The summed E-state index contributed by atoms with van der Waals surface area (Å²) in [6.45, 7) is 6.15. The Bertz CT molecular complexity index is 1760. The van der Waals surface area contributed by atoms with Crippen LogP contribution >= 0.6 is 22.9 Å². The van der Waals surface area contributed by atoms with Crippen molar-refractivity contribution in [3.8, 4) is 21.3 Å². The van der Waals surface area contributed by atoms with Gasteiger partial charge in [0, 0.05) is 30.1 Å². The van der Waals surface area contributed by atoms with Crippen molar-refractivity contribution in [2.75, 3.05) is 6.54 Å². The molecule has 1 amide bonds. The van der Waals surface area contributed by atoms with Crippen LogP contribution in [-0.2, 0) is 21.2 Å². The minimum atomic E-state index is -5.04. The standard InChI is InChI=1S/C28H31ClF5N5O6S2/c1-5-16(28(32,33)34)38-47(43,44)15-10-9-14(18(19(15)29)22(30)31)21-20(25(40)39-11-7-6-8-13(39)2)36-24(46-21)23-35-17(45-37-23)12-27(3,4)26(41)42/h9-10,13,16,22,38H,5-8,11-12H2,1-4H3,(H,41,42)/t13-,16-/m0/s1. The van der Waals surface area contributed by atoms with Crippen molar-refractivity contribution < 1.29 is 49.6 Å². The summed E-state index contributed by atoms with van der Waals surface area (Å²) in [5, 5.41) is 12.2. The molecule has 4 rings (SSSR count). The lowest BCUT2D eigenvalue weighted by atomic mass is 9.90. The largest absolute Gasteiger partial charge is 0.481 e. The summed E-state index contributed by atoms with van der Waals surface area (Å²) in [5.41, 5.74) is -2.98. The number of nitrogens with one attached hydrogen (secondary N) is 1. The van der Waals surface area contributed by atoms with E-state index in [0.717, 1.165) is 25.5 Å². The number of carbonyl (C=O) groups excluding carboxylic acids is 1. The van der Waals surface area contributed by atoms with Crippen LogP contribution in [0.2, 0.25) is 5.02 Å². The molecule has 1 aliphatic heterocycles. The molecule has 0 bridgehead atoms. The predicted molar refractivity (Wildman–Crippen MR) is 161 cm³/mol. The quantitative estimate of drug-likeness (QED) is 0.204. The monoisotopic (exact) mass is 727 g/mol. The predicted octanol–water partition coefficient (Wildman–Crippen LogP) is 6.74. The van der Waals surface area contributed by atoms with E-state index in [2.05, 4.69) is 15.1 Å². The molecule has 0 aliphatic carbocycles. The van der Waals surface area contributed by atoms with Gasteiger partial charge in [0.2, 0.25) is 21.7 Å². The van der Waals surface area contributed by atoms with Crippen molar-refractivity contribution in [3.05, 3.63) is 34.3 Å². The molecule has 1 saturated heterocycles. The molecule has 0 unspecified atom stereocenters. The fourth-order valence-electron chi connectivity index (χ4n) is 4.97. The summed E-state index contributed by atoms with van der Waals surface area (Å²) in [6, 6.07) is -1.01. The van der Waals surface area contributed by atoms with Crippen LogP contribution in [0.3, 0.4) is 0 Å². The minimum Gasteiger partial charge on any atom is -0.481 e. The van der Waals surface area contributed by atoms with Gasteiger partial charge >= 0.3 is 12.1 Å². The molecule has 0 saturated carbocycles. The highest BCUT2D eigenvalue weighted by atomic mass is 35.5. The van der Waals surface area contributed by atoms with Crippen molar-refractivity contribution >= 4 is 44.8 Å². The highest BCUT2D eigenvalue weighted by molar-refractivity contribution is 7.89. The van der Waals surface area contributed by atoms with Gasteiger partial charge in [0.05, 0.1) is 15.3 Å². The molecule has 11 nitrogen and oxygen atoms in total. The minimum absolute atomic E-state index is 0.0539. The summed E-state index contributed by atoms with van der Waals surface area (Å²) < 4.78 is 102. The molecule has 2 aromatic heterocycles. The zero-order chi connectivity index (χ0) is 35.1. The van der Waals surface area contributed by atoms with Gasteiger partial charge in [-0.3, -0.25) is 9.59 Å². The summed E-state index contributed by atoms with van der Waals surface area (Å²) in [5.74, 6) is -1.97. The van der Waals surface area contributed by atoms with E-state index < -0.39 is 67.9 Å². The van der Waals surface area contributed by atoms with E-state index in [0.29, 0.717) is 30.7 Å². The lowest BCUT2D eigenvalue weighted by Crippen LogP contribution is -2.44. The third-order valence-electron chi connectivity index (χ3n) is 7.72. The lowest BCUT2D eigenvalue weighted by molar-refractivity contribution is -0.151. The molecule has 0 spiro atoms. The summed E-state index contributed by atoms with van der Waals surface area (Å²) in [7, 11) is -5.04. The molecular formula is C28H31ClF5N5O6S2. The first-order chi connectivity index (χ1) is 21.8. The maximum Gasteiger partial charge on any atom is 0.404 e. The average molecular weight is 728 g/mol. The highest BCUT2D eigenvalue weighted by Gasteiger charge is 2.42. The van der Waals surface area contributed by atoms with Crippen LogP contribution in [-0.4, -0.2) is 70.2 Å². The lowest BCUT2D eigenvalue weighted by Gasteiger charge is -2.33. The SMILES string of the molecule is CC[C@H](NS(=O)(=O)c1ccc(-c2sc(-c3noc(CC(C)(C)C(=O)O)n3)nc2C(=O)N2CCCC[C@@H]2C)c(C(F)F)c1Cl)C(F)(F)F. The van der Waals surface area contributed by atoms with Crippen LogP contribution in [0, 0.1) is 5.41 Å². The number of carboxylic acid groups (broad SMARTS) is 1. The van der Waals surface area contributed by atoms with Crippen LogP contribution in [0.25, 0.3) is 21.3 Å². The average Bonchev–Trinajstić information content (AvgIpc) is 3.62. The van der Waals surface area contributed by atoms with Crippen molar-refractivity contribution in [2.45, 2.75) is 89.4 Å². The second kappa shape index (κ2) is 13.7. The molecule has 19 heteroatoms. The molecule has 1 aliphatic rings. The highest BCUT2D eigenvalue weighted by Crippen LogP contribution is 2.45. The number of sulfonamides is 1. The van der Waals surface area contributed by atoms with Crippen molar-refractivity contribution in [2.24, 2.45) is 5.41 Å². The van der Waals surface area contributed by atoms with Gasteiger partial charge in [0.1, 0.15) is 16.6 Å². The smallest absolute Gasteiger partial charge is 0.404 e. The van der Waals surface area contributed by atoms with Crippen LogP contribution < -0.4 is 4.72 Å². The fourth-order valence-corrected chi connectivity index (χ4v) is 7.94. The van der Waals surface area contributed by atoms with E-state index in [1.54, 1.807) is 0 Å². The van der Waals surface area contributed by atoms with E-state index in [4.69, 9.17) is 16.1 Å². The number of thiazole rings is 1. The van der Waals surface area contributed by atoms with Gasteiger partial charge in [-0.25, -0.2) is 22.2 Å². The molecule has 2 N–H and O–H groups in total. The van der Waals surface area contributed by atoms with E-state index in [9.17, 15) is 45.1 Å².